The second-order valence-corrected chi connectivity index (χ2v) is 4.96. The number of carbonyl (C=O) groups is 1. The smallest absolute Gasteiger partial charge is 0.306 e. The Hall–Kier alpha value is -1.65. The van der Waals surface area contributed by atoms with Gasteiger partial charge in [-0.05, 0) is 32.6 Å². The summed E-state index contributed by atoms with van der Waals surface area (Å²) >= 11 is 0. The molecule has 2 unspecified atom stereocenters. The first-order valence-electron chi connectivity index (χ1n) is 6.35. The number of aryl methyl sites for hydroxylation is 2. The predicted octanol–water partition coefficient (Wildman–Crippen LogP) is 2.01. The Bertz CT molecular complexity index is 448. The van der Waals surface area contributed by atoms with Gasteiger partial charge in [0.15, 0.2) is 0 Å². The largest absolute Gasteiger partial charge is 0.481 e. The number of aromatic nitrogens is 2. The molecule has 1 aliphatic rings. The fraction of sp³-hybridized carbons (Fsp3) is 0.615. The molecule has 5 heteroatoms. The molecule has 2 N–H and O–H groups in total. The lowest BCUT2D eigenvalue weighted by molar-refractivity contribution is -0.142. The van der Waals surface area contributed by atoms with Gasteiger partial charge < -0.3 is 10.4 Å². The van der Waals surface area contributed by atoms with E-state index in [1.54, 1.807) is 6.20 Å². The Labute approximate surface area is 107 Å². The predicted molar refractivity (Wildman–Crippen MR) is 68.5 cm³/mol. The average Bonchev–Trinajstić information content (AvgIpc) is 2.79. The summed E-state index contributed by atoms with van der Waals surface area (Å²) < 4.78 is 0. The molecule has 98 valence electrons. The first kappa shape index (κ1) is 12.8. The minimum absolute atomic E-state index is 0.198. The maximum Gasteiger partial charge on any atom is 0.306 e. The van der Waals surface area contributed by atoms with Gasteiger partial charge in [0, 0.05) is 12.7 Å². The highest BCUT2D eigenvalue weighted by atomic mass is 16.4. The third kappa shape index (κ3) is 2.78. The maximum atomic E-state index is 11.1. The third-order valence-corrected chi connectivity index (χ3v) is 3.58. The van der Waals surface area contributed by atoms with Gasteiger partial charge >= 0.3 is 5.97 Å². The van der Waals surface area contributed by atoms with Crippen LogP contribution in [0.5, 0.6) is 0 Å². The second kappa shape index (κ2) is 5.33. The highest BCUT2D eigenvalue weighted by molar-refractivity contribution is 5.70. The molecule has 0 saturated heterocycles. The van der Waals surface area contributed by atoms with Crippen LogP contribution in [0.2, 0.25) is 0 Å². The van der Waals surface area contributed by atoms with Gasteiger partial charge in [-0.1, -0.05) is 6.42 Å². The summed E-state index contributed by atoms with van der Waals surface area (Å²) in [6.07, 6.45) is 4.50. The Morgan fingerprint density at radius 3 is 3.00 bits per heavy atom. The molecule has 0 aliphatic heterocycles. The van der Waals surface area contributed by atoms with Crippen LogP contribution in [0.3, 0.4) is 0 Å². The van der Waals surface area contributed by atoms with Crippen LogP contribution < -0.4 is 5.32 Å². The standard InChI is InChI=1S/C13H19N3O2/c1-8-6-14-9(2)12(16-8)15-7-10-4-3-5-11(10)13(17)18/h6,10-11H,3-5,7H2,1-2H3,(H,15,16)(H,17,18). The van der Waals surface area contributed by atoms with Crippen LogP contribution in [0.25, 0.3) is 0 Å². The number of hydrogen-bond acceptors (Lipinski definition) is 4. The number of hydrogen-bond donors (Lipinski definition) is 2. The molecule has 1 fully saturated rings. The number of nitrogens with zero attached hydrogens (tertiary/aromatic N) is 2. The SMILES string of the molecule is Cc1cnc(C)c(NCC2CCCC2C(=O)O)n1. The van der Waals surface area contributed by atoms with Crippen molar-refractivity contribution in [3.63, 3.8) is 0 Å². The van der Waals surface area contributed by atoms with E-state index in [0.717, 1.165) is 36.5 Å². The molecule has 5 nitrogen and oxygen atoms in total. The Morgan fingerprint density at radius 2 is 2.28 bits per heavy atom. The lowest BCUT2D eigenvalue weighted by atomic mass is 9.96. The molecule has 0 radical (unpaired) electrons. The molecule has 0 bridgehead atoms. The molecule has 0 aromatic carbocycles. The topological polar surface area (TPSA) is 75.1 Å². The van der Waals surface area contributed by atoms with Gasteiger partial charge in [0.05, 0.1) is 17.3 Å². The molecule has 1 aromatic heterocycles. The van der Waals surface area contributed by atoms with Gasteiger partial charge in [-0.25, -0.2) is 4.98 Å². The van der Waals surface area contributed by atoms with E-state index in [1.165, 1.54) is 0 Å². The van der Waals surface area contributed by atoms with E-state index < -0.39 is 5.97 Å². The van der Waals surface area contributed by atoms with Crippen LogP contribution in [0.1, 0.15) is 30.7 Å². The quantitative estimate of drug-likeness (QED) is 0.853. The highest BCUT2D eigenvalue weighted by Crippen LogP contribution is 2.32. The molecule has 0 spiro atoms. The second-order valence-electron chi connectivity index (χ2n) is 4.96. The van der Waals surface area contributed by atoms with Crippen LogP contribution >= 0.6 is 0 Å². The van der Waals surface area contributed by atoms with Crippen LogP contribution in [0.15, 0.2) is 6.20 Å². The van der Waals surface area contributed by atoms with E-state index in [4.69, 9.17) is 5.11 Å². The van der Waals surface area contributed by atoms with E-state index in [2.05, 4.69) is 15.3 Å². The van der Waals surface area contributed by atoms with E-state index >= 15 is 0 Å². The number of anilines is 1. The lowest BCUT2D eigenvalue weighted by Gasteiger charge is -2.17. The maximum absolute atomic E-state index is 11.1. The number of carboxylic acids is 1. The number of aliphatic carboxylic acids is 1. The van der Waals surface area contributed by atoms with Crippen molar-refractivity contribution in [1.82, 2.24) is 9.97 Å². The van der Waals surface area contributed by atoms with Crippen molar-refractivity contribution < 1.29 is 9.90 Å². The molecule has 1 heterocycles. The molecule has 0 amide bonds. The lowest BCUT2D eigenvalue weighted by Crippen LogP contribution is -2.25. The normalized spacial score (nSPS) is 23.0. The minimum atomic E-state index is -0.675. The molecule has 1 aliphatic carbocycles. The van der Waals surface area contributed by atoms with Crippen molar-refractivity contribution in [1.29, 1.82) is 0 Å². The summed E-state index contributed by atoms with van der Waals surface area (Å²) in [5.41, 5.74) is 1.72. The fourth-order valence-corrected chi connectivity index (χ4v) is 2.54. The Kier molecular flexibility index (Phi) is 3.79. The van der Waals surface area contributed by atoms with Crippen molar-refractivity contribution in [2.45, 2.75) is 33.1 Å². The zero-order chi connectivity index (χ0) is 13.1. The summed E-state index contributed by atoms with van der Waals surface area (Å²) in [6.45, 7) is 4.46. The van der Waals surface area contributed by atoms with E-state index in [9.17, 15) is 4.79 Å². The van der Waals surface area contributed by atoms with Crippen LogP contribution in [-0.2, 0) is 4.79 Å². The molecule has 1 aromatic rings. The zero-order valence-electron chi connectivity index (χ0n) is 10.8. The minimum Gasteiger partial charge on any atom is -0.481 e. The summed E-state index contributed by atoms with van der Waals surface area (Å²) in [4.78, 5) is 19.7. The summed E-state index contributed by atoms with van der Waals surface area (Å²) in [5.74, 6) is 0.0807. The molecule has 2 atom stereocenters. The summed E-state index contributed by atoms with van der Waals surface area (Å²) in [6, 6.07) is 0. The zero-order valence-corrected chi connectivity index (χ0v) is 10.8. The highest BCUT2D eigenvalue weighted by Gasteiger charge is 2.32. The van der Waals surface area contributed by atoms with E-state index in [0.29, 0.717) is 6.54 Å². The van der Waals surface area contributed by atoms with Crippen LogP contribution in [-0.4, -0.2) is 27.6 Å². The van der Waals surface area contributed by atoms with Gasteiger partial charge in [-0.15, -0.1) is 0 Å². The van der Waals surface area contributed by atoms with Crippen molar-refractivity contribution >= 4 is 11.8 Å². The molecule has 18 heavy (non-hydrogen) atoms. The van der Waals surface area contributed by atoms with Gasteiger partial charge in [0.1, 0.15) is 5.82 Å². The first-order chi connectivity index (χ1) is 8.58. The van der Waals surface area contributed by atoms with Gasteiger partial charge in [0.2, 0.25) is 0 Å². The Morgan fingerprint density at radius 1 is 1.50 bits per heavy atom. The van der Waals surface area contributed by atoms with E-state index in [1.807, 2.05) is 13.8 Å². The Balaban J connectivity index is 1.99. The molecule has 2 rings (SSSR count). The molecular weight excluding hydrogens is 230 g/mol. The molecule has 1 saturated carbocycles. The van der Waals surface area contributed by atoms with Crippen LogP contribution in [0.4, 0.5) is 5.82 Å². The van der Waals surface area contributed by atoms with Crippen molar-refractivity contribution in [3.8, 4) is 0 Å². The number of rotatable bonds is 4. The van der Waals surface area contributed by atoms with Crippen molar-refractivity contribution in [2.75, 3.05) is 11.9 Å². The first-order valence-corrected chi connectivity index (χ1v) is 6.35. The van der Waals surface area contributed by atoms with E-state index in [-0.39, 0.29) is 11.8 Å². The van der Waals surface area contributed by atoms with Gasteiger partial charge in [-0.3, -0.25) is 9.78 Å². The summed E-state index contributed by atoms with van der Waals surface area (Å²) in [7, 11) is 0. The van der Waals surface area contributed by atoms with Crippen molar-refractivity contribution in [3.05, 3.63) is 17.6 Å². The van der Waals surface area contributed by atoms with Crippen molar-refractivity contribution in [2.24, 2.45) is 11.8 Å². The fourth-order valence-electron chi connectivity index (χ4n) is 2.54. The number of carboxylic acid groups (broad SMARTS) is 1. The van der Waals surface area contributed by atoms with Crippen LogP contribution in [0, 0.1) is 25.7 Å². The van der Waals surface area contributed by atoms with Gasteiger partial charge in [-0.2, -0.15) is 0 Å². The average molecular weight is 249 g/mol. The monoisotopic (exact) mass is 249 g/mol. The summed E-state index contributed by atoms with van der Waals surface area (Å²) in [5, 5.41) is 12.4. The van der Waals surface area contributed by atoms with Gasteiger partial charge in [0.25, 0.3) is 0 Å². The molecular formula is C13H19N3O2. The third-order valence-electron chi connectivity index (χ3n) is 3.58. The number of nitrogens with one attached hydrogen (secondary N) is 1.